The fourth-order valence-corrected chi connectivity index (χ4v) is 9.38. The van der Waals surface area contributed by atoms with E-state index in [1.807, 2.05) is 19.1 Å². The molecule has 1 aliphatic carbocycles. The summed E-state index contributed by atoms with van der Waals surface area (Å²) in [5.74, 6) is -0.909. The van der Waals surface area contributed by atoms with Crippen molar-refractivity contribution in [2.45, 2.75) is 80.4 Å². The van der Waals surface area contributed by atoms with E-state index in [9.17, 15) is 19.5 Å². The number of carbonyl (C=O) groups is 3. The molecule has 2 bridgehead atoms. The van der Waals surface area contributed by atoms with Gasteiger partial charge in [0.25, 0.3) is 0 Å². The third-order valence-corrected chi connectivity index (χ3v) is 10.5. The highest BCUT2D eigenvalue weighted by atomic mass is 32.2. The number of rotatable bonds is 8. The number of anilines is 1. The number of hydrogen-bond acceptors (Lipinski definition) is 6. The van der Waals surface area contributed by atoms with Gasteiger partial charge in [0.15, 0.2) is 0 Å². The highest BCUT2D eigenvalue weighted by Gasteiger charge is 2.77. The van der Waals surface area contributed by atoms with Crippen LogP contribution in [0.5, 0.6) is 5.75 Å². The lowest BCUT2D eigenvalue weighted by atomic mass is 9.66. The molecule has 1 aromatic carbocycles. The Bertz CT molecular complexity index is 1010. The molecule has 196 valence electrons. The Labute approximate surface area is 216 Å². The molecule has 4 aliphatic rings. The van der Waals surface area contributed by atoms with Crippen molar-refractivity contribution in [3.8, 4) is 5.75 Å². The maximum absolute atomic E-state index is 13.8. The van der Waals surface area contributed by atoms with E-state index in [1.165, 1.54) is 6.42 Å². The van der Waals surface area contributed by atoms with Gasteiger partial charge in [-0.2, -0.15) is 0 Å². The average Bonchev–Trinajstić information content (AvgIpc) is 3.42. The molecule has 1 saturated carbocycles. The fraction of sp³-hybridized carbons (Fsp3) is 0.667. The number of benzene rings is 1. The number of ether oxygens (including phenoxy) is 1. The summed E-state index contributed by atoms with van der Waals surface area (Å²) in [5, 5.41) is 16.0. The maximum atomic E-state index is 13.8. The molecular weight excluding hydrogens is 478 g/mol. The first-order chi connectivity index (χ1) is 17.3. The summed E-state index contributed by atoms with van der Waals surface area (Å²) in [7, 11) is 0. The minimum absolute atomic E-state index is 0.102. The van der Waals surface area contributed by atoms with Crippen molar-refractivity contribution in [2.75, 3.05) is 25.1 Å². The van der Waals surface area contributed by atoms with E-state index < -0.39 is 27.4 Å². The van der Waals surface area contributed by atoms with Gasteiger partial charge in [0.05, 0.1) is 29.8 Å². The first kappa shape index (κ1) is 25.4. The summed E-state index contributed by atoms with van der Waals surface area (Å²) in [5.41, 5.74) is 0.651. The van der Waals surface area contributed by atoms with Gasteiger partial charge in [-0.3, -0.25) is 14.4 Å². The number of β-amino-alcohol motifs (C(OH)–C–C–N with tert-alkyl or cyclic N) is 1. The molecule has 36 heavy (non-hydrogen) atoms. The van der Waals surface area contributed by atoms with Crippen LogP contribution in [0.1, 0.15) is 58.8 Å². The van der Waals surface area contributed by atoms with Gasteiger partial charge >= 0.3 is 0 Å². The lowest BCUT2D eigenvalue weighted by molar-refractivity contribution is -0.140. The number of thioether (sulfide) groups is 1. The maximum Gasteiger partial charge on any atom is 0.244 e. The summed E-state index contributed by atoms with van der Waals surface area (Å²) in [6.07, 6.45) is 6.79. The van der Waals surface area contributed by atoms with Gasteiger partial charge in [-0.1, -0.05) is 19.3 Å². The third kappa shape index (κ3) is 4.18. The first-order valence-corrected chi connectivity index (χ1v) is 14.1. The number of aliphatic hydroxyl groups excluding tert-OH is 1. The van der Waals surface area contributed by atoms with Crippen molar-refractivity contribution in [1.82, 2.24) is 10.2 Å². The second kappa shape index (κ2) is 9.89. The number of hydrogen-bond donors (Lipinski definition) is 3. The van der Waals surface area contributed by atoms with Crippen LogP contribution in [0.25, 0.3) is 0 Å². The topological polar surface area (TPSA) is 108 Å². The molecule has 3 N–H and O–H groups in total. The molecule has 1 spiro atoms. The number of carbonyl (C=O) groups excluding carboxylic acids is 3. The Balaban J connectivity index is 1.41. The number of amides is 3. The minimum Gasteiger partial charge on any atom is -0.494 e. The van der Waals surface area contributed by atoms with Gasteiger partial charge in [0, 0.05) is 23.0 Å². The lowest BCUT2D eigenvalue weighted by Gasteiger charge is -2.35. The van der Waals surface area contributed by atoms with Gasteiger partial charge in [-0.25, -0.2) is 0 Å². The number of fused-ring (bicyclic) bond motifs is 1. The van der Waals surface area contributed by atoms with E-state index in [2.05, 4.69) is 17.6 Å². The Morgan fingerprint density at radius 3 is 2.53 bits per heavy atom. The first-order valence-electron chi connectivity index (χ1n) is 13.3. The monoisotopic (exact) mass is 515 g/mol. The van der Waals surface area contributed by atoms with E-state index >= 15 is 0 Å². The van der Waals surface area contributed by atoms with Crippen LogP contribution in [-0.4, -0.2) is 69.1 Å². The largest absolute Gasteiger partial charge is 0.494 e. The molecule has 3 aliphatic heterocycles. The molecular formula is C27H37N3O5S. The molecule has 8 nitrogen and oxygen atoms in total. The number of nitrogens with zero attached hydrogens (tertiary/aromatic N) is 1. The third-order valence-electron chi connectivity index (χ3n) is 8.53. The SMILES string of the molecule is CCOc1ccc(NC(=O)[C@H]2[C@H]3C(=O)N(CCO)C(C(=O)NC4CCCCC4)C34CC[C@]2(C)S4)cc1. The van der Waals surface area contributed by atoms with Crippen LogP contribution in [0.3, 0.4) is 0 Å². The van der Waals surface area contributed by atoms with Crippen molar-refractivity contribution in [2.24, 2.45) is 11.8 Å². The minimum atomic E-state index is -0.667. The van der Waals surface area contributed by atoms with Gasteiger partial charge in [0.2, 0.25) is 17.7 Å². The molecule has 4 fully saturated rings. The van der Waals surface area contributed by atoms with Gasteiger partial charge in [0.1, 0.15) is 11.8 Å². The van der Waals surface area contributed by atoms with Gasteiger partial charge in [-0.05, 0) is 63.8 Å². The van der Waals surface area contributed by atoms with E-state index in [4.69, 9.17) is 4.74 Å². The van der Waals surface area contributed by atoms with E-state index in [0.717, 1.165) is 37.9 Å². The molecule has 3 amide bonds. The van der Waals surface area contributed by atoms with Crippen molar-refractivity contribution in [1.29, 1.82) is 0 Å². The molecule has 2 unspecified atom stereocenters. The van der Waals surface area contributed by atoms with Gasteiger partial charge < -0.3 is 25.4 Å². The quantitative estimate of drug-likeness (QED) is 0.491. The van der Waals surface area contributed by atoms with Crippen LogP contribution in [-0.2, 0) is 14.4 Å². The molecule has 5 rings (SSSR count). The van der Waals surface area contributed by atoms with E-state index in [1.54, 1.807) is 28.8 Å². The summed E-state index contributed by atoms with van der Waals surface area (Å²) in [4.78, 5) is 42.8. The van der Waals surface area contributed by atoms with Crippen molar-refractivity contribution in [3.63, 3.8) is 0 Å². The fourth-order valence-electron chi connectivity index (χ4n) is 7.02. The van der Waals surface area contributed by atoms with Crippen LogP contribution in [0.15, 0.2) is 24.3 Å². The van der Waals surface area contributed by atoms with E-state index in [0.29, 0.717) is 18.7 Å². The van der Waals surface area contributed by atoms with Crippen LogP contribution in [0.4, 0.5) is 5.69 Å². The molecule has 5 atom stereocenters. The number of likely N-dealkylation sites (tertiary alicyclic amines) is 1. The standard InChI is InChI=1S/C27H37N3O5S/c1-3-35-19-11-9-18(10-12-19)28-23(32)20-21-25(34)30(15-16-31)22(27(21)14-13-26(20,2)36-27)24(33)29-17-7-5-4-6-8-17/h9-12,17,20-22,31H,3-8,13-16H2,1-2H3,(H,28,32)(H,29,33)/t20-,21+,22?,26+,27?/m1/s1. The lowest BCUT2D eigenvalue weighted by Crippen LogP contribution is -2.56. The van der Waals surface area contributed by atoms with Crippen molar-refractivity contribution >= 4 is 35.2 Å². The van der Waals surface area contributed by atoms with Crippen LogP contribution in [0, 0.1) is 11.8 Å². The summed E-state index contributed by atoms with van der Waals surface area (Å²) >= 11 is 1.65. The Morgan fingerprint density at radius 2 is 1.86 bits per heavy atom. The Morgan fingerprint density at radius 1 is 1.14 bits per heavy atom. The molecule has 9 heteroatoms. The number of aliphatic hydroxyl groups is 1. The molecule has 3 heterocycles. The predicted molar refractivity (Wildman–Crippen MR) is 139 cm³/mol. The highest BCUT2D eigenvalue weighted by Crippen LogP contribution is 2.71. The van der Waals surface area contributed by atoms with E-state index in [-0.39, 0.29) is 36.9 Å². The molecule has 1 aromatic rings. The summed E-state index contributed by atoms with van der Waals surface area (Å²) in [6.45, 7) is 4.43. The molecule has 0 radical (unpaired) electrons. The van der Waals surface area contributed by atoms with Crippen molar-refractivity contribution in [3.05, 3.63) is 24.3 Å². The van der Waals surface area contributed by atoms with Crippen LogP contribution < -0.4 is 15.4 Å². The second-order valence-corrected chi connectivity index (χ2v) is 12.7. The Hall–Kier alpha value is -2.26. The highest BCUT2D eigenvalue weighted by molar-refractivity contribution is 8.02. The van der Waals surface area contributed by atoms with Gasteiger partial charge in [-0.15, -0.1) is 11.8 Å². The molecule has 0 aromatic heterocycles. The normalized spacial score (nSPS) is 33.5. The number of nitrogens with one attached hydrogen (secondary N) is 2. The smallest absolute Gasteiger partial charge is 0.244 e. The predicted octanol–water partition coefficient (Wildman–Crippen LogP) is 2.95. The van der Waals surface area contributed by atoms with Crippen LogP contribution >= 0.6 is 11.8 Å². The Kier molecular flexibility index (Phi) is 6.98. The second-order valence-electron chi connectivity index (χ2n) is 10.8. The van der Waals surface area contributed by atoms with Crippen LogP contribution in [0.2, 0.25) is 0 Å². The van der Waals surface area contributed by atoms with Crippen molar-refractivity contribution < 1.29 is 24.2 Å². The zero-order valence-corrected chi connectivity index (χ0v) is 21.9. The zero-order chi connectivity index (χ0) is 25.5. The molecule has 3 saturated heterocycles. The summed E-state index contributed by atoms with van der Waals surface area (Å²) in [6, 6.07) is 6.69. The summed E-state index contributed by atoms with van der Waals surface area (Å²) < 4.78 is 4.41. The average molecular weight is 516 g/mol. The zero-order valence-electron chi connectivity index (χ0n) is 21.1.